The number of ketones is 1. The molecule has 5 heteroatoms. The van der Waals surface area contributed by atoms with Gasteiger partial charge in [0.2, 0.25) is 0 Å². The summed E-state index contributed by atoms with van der Waals surface area (Å²) in [4.78, 5) is 14.2. The van der Waals surface area contributed by atoms with E-state index in [0.29, 0.717) is 0 Å². The van der Waals surface area contributed by atoms with E-state index in [9.17, 15) is 4.79 Å². The Bertz CT molecular complexity index is 614. The van der Waals surface area contributed by atoms with E-state index in [1.807, 2.05) is 23.6 Å². The Kier molecular flexibility index (Phi) is 2.32. The first-order valence-electron chi connectivity index (χ1n) is 5.06. The Morgan fingerprint density at radius 2 is 2.18 bits per heavy atom. The van der Waals surface area contributed by atoms with Crippen LogP contribution in [0.1, 0.15) is 17.2 Å². The minimum Gasteiger partial charge on any atom is -0.298 e. The van der Waals surface area contributed by atoms with Crippen LogP contribution in [0.4, 0.5) is 0 Å². The molecule has 0 saturated heterocycles. The van der Waals surface area contributed by atoms with Crippen molar-refractivity contribution in [3.63, 3.8) is 0 Å². The molecule has 0 radical (unpaired) electrons. The average molecular weight is 258 g/mol. The molecule has 1 aromatic rings. The van der Waals surface area contributed by atoms with Crippen LogP contribution in [0.25, 0.3) is 0 Å². The van der Waals surface area contributed by atoms with Gasteiger partial charge in [-0.25, -0.2) is 0 Å². The van der Waals surface area contributed by atoms with Crippen LogP contribution in [-0.4, -0.2) is 11.0 Å². The van der Waals surface area contributed by atoms with E-state index in [4.69, 9.17) is 10.5 Å². The standard InChI is InChI=1S/C12H6N2OS2/c13-4-6(5-14)7-3-8(15)11-10(7)12-9(17-11)1-2-16-12/h1-2,10-11H,3H2. The van der Waals surface area contributed by atoms with Crippen molar-refractivity contribution in [1.29, 1.82) is 10.5 Å². The van der Waals surface area contributed by atoms with Gasteiger partial charge >= 0.3 is 0 Å². The molecule has 1 fully saturated rings. The highest BCUT2D eigenvalue weighted by Gasteiger charge is 2.47. The smallest absolute Gasteiger partial charge is 0.151 e. The summed E-state index contributed by atoms with van der Waals surface area (Å²) in [7, 11) is 0. The number of thiophene rings is 1. The molecule has 1 saturated carbocycles. The predicted octanol–water partition coefficient (Wildman–Crippen LogP) is 2.62. The summed E-state index contributed by atoms with van der Waals surface area (Å²) in [6.07, 6.45) is 0.260. The second-order valence-electron chi connectivity index (χ2n) is 3.93. The summed E-state index contributed by atoms with van der Waals surface area (Å²) >= 11 is 3.18. The Morgan fingerprint density at radius 3 is 2.88 bits per heavy atom. The summed E-state index contributed by atoms with van der Waals surface area (Å²) in [6, 6.07) is 5.83. The van der Waals surface area contributed by atoms with E-state index >= 15 is 0 Å². The van der Waals surface area contributed by atoms with Gasteiger partial charge in [0, 0.05) is 22.1 Å². The number of nitrogens with zero attached hydrogens (tertiary/aromatic N) is 2. The summed E-state index contributed by atoms with van der Waals surface area (Å²) in [5.74, 6) is 0.109. The molecule has 2 heterocycles. The number of nitriles is 2. The SMILES string of the molecule is N#CC(C#N)=C1CC(=O)C2Sc3ccsc3C12. The maximum Gasteiger partial charge on any atom is 0.151 e. The molecule has 2 aliphatic rings. The zero-order valence-corrected chi connectivity index (χ0v) is 10.3. The molecular weight excluding hydrogens is 252 g/mol. The molecule has 2 atom stereocenters. The number of fused-ring (bicyclic) bond motifs is 3. The van der Waals surface area contributed by atoms with Gasteiger partial charge in [0.05, 0.1) is 5.25 Å². The highest BCUT2D eigenvalue weighted by atomic mass is 32.2. The molecular formula is C12H6N2OS2. The summed E-state index contributed by atoms with van der Waals surface area (Å²) in [5.41, 5.74) is 0.839. The fraction of sp³-hybridized carbons (Fsp3) is 0.250. The van der Waals surface area contributed by atoms with Gasteiger partial charge in [0.15, 0.2) is 5.78 Å². The topological polar surface area (TPSA) is 64.7 Å². The Morgan fingerprint density at radius 1 is 1.41 bits per heavy atom. The third-order valence-electron chi connectivity index (χ3n) is 3.10. The lowest BCUT2D eigenvalue weighted by atomic mass is 9.97. The van der Waals surface area contributed by atoms with Crippen molar-refractivity contribution in [2.75, 3.05) is 0 Å². The summed E-state index contributed by atoms with van der Waals surface area (Å²) in [5, 5.41) is 19.8. The highest BCUT2D eigenvalue weighted by molar-refractivity contribution is 8.01. The van der Waals surface area contributed by atoms with Crippen molar-refractivity contribution in [2.45, 2.75) is 22.5 Å². The minimum atomic E-state index is -0.107. The van der Waals surface area contributed by atoms with Gasteiger partial charge in [-0.05, 0) is 17.0 Å². The predicted molar refractivity (Wildman–Crippen MR) is 64.6 cm³/mol. The van der Waals surface area contributed by atoms with Crippen molar-refractivity contribution < 1.29 is 4.79 Å². The molecule has 3 nitrogen and oxygen atoms in total. The van der Waals surface area contributed by atoms with Crippen LogP contribution in [-0.2, 0) is 4.79 Å². The maximum absolute atomic E-state index is 11.9. The van der Waals surface area contributed by atoms with Gasteiger partial charge in [-0.2, -0.15) is 10.5 Å². The van der Waals surface area contributed by atoms with E-state index in [2.05, 4.69) is 0 Å². The van der Waals surface area contributed by atoms with Crippen LogP contribution in [0, 0.1) is 22.7 Å². The van der Waals surface area contributed by atoms with Gasteiger partial charge in [0.1, 0.15) is 17.7 Å². The number of Topliss-reactive ketones (excluding diaryl/α,β-unsaturated/α-hetero) is 1. The summed E-state index contributed by atoms with van der Waals surface area (Å²) < 4.78 is 0. The van der Waals surface area contributed by atoms with Crippen molar-refractivity contribution in [2.24, 2.45) is 0 Å². The lowest BCUT2D eigenvalue weighted by Gasteiger charge is -2.08. The molecule has 1 aliphatic heterocycles. The first kappa shape index (κ1) is 10.6. The van der Waals surface area contributed by atoms with Crippen LogP contribution in [0.2, 0.25) is 0 Å². The van der Waals surface area contributed by atoms with Crippen LogP contribution in [0.15, 0.2) is 27.5 Å². The number of hydrogen-bond acceptors (Lipinski definition) is 5. The Balaban J connectivity index is 2.18. The molecule has 3 rings (SSSR count). The van der Waals surface area contributed by atoms with E-state index in [-0.39, 0.29) is 28.9 Å². The van der Waals surface area contributed by atoms with Crippen LogP contribution >= 0.6 is 23.1 Å². The van der Waals surface area contributed by atoms with Gasteiger partial charge in [0.25, 0.3) is 0 Å². The first-order chi connectivity index (χ1) is 8.26. The van der Waals surface area contributed by atoms with E-state index < -0.39 is 0 Å². The summed E-state index contributed by atoms with van der Waals surface area (Å²) in [6.45, 7) is 0. The number of carbonyl (C=O) groups excluding carboxylic acids is 1. The van der Waals surface area contributed by atoms with Gasteiger partial charge < -0.3 is 0 Å². The maximum atomic E-state index is 11.9. The zero-order chi connectivity index (χ0) is 12.0. The Labute approximate surface area is 106 Å². The molecule has 0 aromatic carbocycles. The molecule has 2 unspecified atom stereocenters. The van der Waals surface area contributed by atoms with E-state index in [1.165, 1.54) is 0 Å². The monoisotopic (exact) mass is 258 g/mol. The van der Waals surface area contributed by atoms with Crippen molar-refractivity contribution in [3.05, 3.63) is 27.5 Å². The molecule has 1 aromatic heterocycles. The van der Waals surface area contributed by atoms with E-state index in [0.717, 1.165) is 15.3 Å². The molecule has 0 bridgehead atoms. The molecule has 1 aliphatic carbocycles. The third-order valence-corrected chi connectivity index (χ3v) is 5.63. The van der Waals surface area contributed by atoms with Crippen molar-refractivity contribution >= 4 is 28.9 Å². The fourth-order valence-electron chi connectivity index (χ4n) is 2.38. The van der Waals surface area contributed by atoms with Gasteiger partial charge in [-0.3, -0.25) is 4.79 Å². The van der Waals surface area contributed by atoms with Crippen LogP contribution in [0.5, 0.6) is 0 Å². The normalized spacial score (nSPS) is 25.1. The number of rotatable bonds is 0. The number of carbonyl (C=O) groups is 1. The lowest BCUT2D eigenvalue weighted by Crippen LogP contribution is -2.10. The number of thioether (sulfide) groups is 1. The molecule has 0 spiro atoms. The van der Waals surface area contributed by atoms with Gasteiger partial charge in [-0.1, -0.05) is 0 Å². The zero-order valence-electron chi connectivity index (χ0n) is 8.64. The highest BCUT2D eigenvalue weighted by Crippen LogP contribution is 2.56. The second-order valence-corrected chi connectivity index (χ2v) is 6.06. The molecule has 0 N–H and O–H groups in total. The van der Waals surface area contributed by atoms with Crippen molar-refractivity contribution in [3.8, 4) is 12.1 Å². The fourth-order valence-corrected chi connectivity index (χ4v) is 5.11. The van der Waals surface area contributed by atoms with E-state index in [1.54, 1.807) is 23.1 Å². The average Bonchev–Trinajstić information content (AvgIpc) is 2.94. The number of hydrogen-bond donors (Lipinski definition) is 0. The third kappa shape index (κ3) is 1.37. The molecule has 82 valence electrons. The molecule has 0 amide bonds. The quantitative estimate of drug-likeness (QED) is 0.671. The number of allylic oxidation sites excluding steroid dienone is 2. The second kappa shape index (κ2) is 3.73. The largest absolute Gasteiger partial charge is 0.298 e. The van der Waals surface area contributed by atoms with Crippen LogP contribution in [0.3, 0.4) is 0 Å². The Hall–Kier alpha value is -1.56. The molecule has 17 heavy (non-hydrogen) atoms. The lowest BCUT2D eigenvalue weighted by molar-refractivity contribution is -0.116. The first-order valence-corrected chi connectivity index (χ1v) is 6.82. The van der Waals surface area contributed by atoms with Crippen LogP contribution < -0.4 is 0 Å². The van der Waals surface area contributed by atoms with Gasteiger partial charge in [-0.15, -0.1) is 23.1 Å². The minimum absolute atomic E-state index is 0.0307. The van der Waals surface area contributed by atoms with Crippen molar-refractivity contribution in [1.82, 2.24) is 0 Å².